The van der Waals surface area contributed by atoms with Crippen molar-refractivity contribution in [1.29, 1.82) is 0 Å². The lowest BCUT2D eigenvalue weighted by atomic mass is 10.1. The van der Waals surface area contributed by atoms with Crippen molar-refractivity contribution in [3.05, 3.63) is 28.8 Å². The average molecular weight is 297 g/mol. The van der Waals surface area contributed by atoms with Crippen LogP contribution in [-0.4, -0.2) is 49.9 Å². The third kappa shape index (κ3) is 3.71. The number of carbonyl (C=O) groups is 2. The van der Waals surface area contributed by atoms with Crippen LogP contribution in [0.4, 0.5) is 0 Å². The molecule has 0 radical (unpaired) electrons. The first kappa shape index (κ1) is 14.8. The number of carbonyl (C=O) groups excluding carboxylic acids is 2. The molecule has 0 spiro atoms. The molecule has 0 atom stereocenters. The molecule has 20 heavy (non-hydrogen) atoms. The van der Waals surface area contributed by atoms with Crippen LogP contribution in [0, 0.1) is 0 Å². The summed E-state index contributed by atoms with van der Waals surface area (Å²) in [5.74, 6) is 0.573. The van der Waals surface area contributed by atoms with Gasteiger partial charge in [-0.3, -0.25) is 14.5 Å². The highest BCUT2D eigenvalue weighted by Gasteiger charge is 2.17. The summed E-state index contributed by atoms with van der Waals surface area (Å²) in [4.78, 5) is 25.4. The highest BCUT2D eigenvalue weighted by Crippen LogP contribution is 2.25. The van der Waals surface area contributed by atoms with Crippen molar-refractivity contribution in [3.8, 4) is 5.75 Å². The molecule has 5 nitrogen and oxygen atoms in total. The second-order valence-corrected chi connectivity index (χ2v) is 5.06. The van der Waals surface area contributed by atoms with Crippen LogP contribution in [0.2, 0.25) is 5.02 Å². The number of methoxy groups -OCH3 is 1. The SMILES string of the molecule is COc1ccc(C(=O)CN2CCNC(=O)CC2)cc1Cl. The van der Waals surface area contributed by atoms with Crippen molar-refractivity contribution < 1.29 is 14.3 Å². The number of halogens is 1. The Balaban J connectivity index is 2.00. The van der Waals surface area contributed by atoms with Gasteiger partial charge >= 0.3 is 0 Å². The second-order valence-electron chi connectivity index (χ2n) is 4.65. The lowest BCUT2D eigenvalue weighted by Gasteiger charge is -2.18. The maximum absolute atomic E-state index is 12.2. The van der Waals surface area contributed by atoms with Gasteiger partial charge in [0.2, 0.25) is 5.91 Å². The van der Waals surface area contributed by atoms with Crippen molar-refractivity contribution in [2.75, 3.05) is 33.3 Å². The molecule has 2 rings (SSSR count). The Bertz CT molecular complexity index is 519. The molecule has 1 amide bonds. The van der Waals surface area contributed by atoms with E-state index in [1.54, 1.807) is 18.2 Å². The smallest absolute Gasteiger partial charge is 0.221 e. The van der Waals surface area contributed by atoms with Gasteiger partial charge in [0.05, 0.1) is 18.7 Å². The molecular formula is C14H17ClN2O3. The third-order valence-electron chi connectivity index (χ3n) is 3.25. The average Bonchev–Trinajstić information content (AvgIpc) is 2.63. The van der Waals surface area contributed by atoms with E-state index in [1.807, 2.05) is 4.90 Å². The van der Waals surface area contributed by atoms with E-state index in [1.165, 1.54) is 7.11 Å². The van der Waals surface area contributed by atoms with Crippen LogP contribution >= 0.6 is 11.6 Å². The summed E-state index contributed by atoms with van der Waals surface area (Å²) < 4.78 is 5.06. The van der Waals surface area contributed by atoms with Gasteiger partial charge in [0.25, 0.3) is 0 Å². The fourth-order valence-corrected chi connectivity index (χ4v) is 2.36. The Morgan fingerprint density at radius 2 is 2.25 bits per heavy atom. The van der Waals surface area contributed by atoms with E-state index < -0.39 is 0 Å². The van der Waals surface area contributed by atoms with E-state index in [2.05, 4.69) is 5.32 Å². The Morgan fingerprint density at radius 1 is 1.45 bits per heavy atom. The molecule has 6 heteroatoms. The van der Waals surface area contributed by atoms with E-state index in [0.29, 0.717) is 42.4 Å². The van der Waals surface area contributed by atoms with Crippen LogP contribution in [0.1, 0.15) is 16.8 Å². The third-order valence-corrected chi connectivity index (χ3v) is 3.54. The molecule has 1 fully saturated rings. The lowest BCUT2D eigenvalue weighted by Crippen LogP contribution is -2.33. The number of Topliss-reactive ketones (excluding diaryl/α,β-unsaturated/α-hetero) is 1. The number of hydrogen-bond acceptors (Lipinski definition) is 4. The molecule has 1 aromatic carbocycles. The first-order valence-electron chi connectivity index (χ1n) is 6.46. The fraction of sp³-hybridized carbons (Fsp3) is 0.429. The van der Waals surface area contributed by atoms with E-state index in [-0.39, 0.29) is 18.2 Å². The summed E-state index contributed by atoms with van der Waals surface area (Å²) in [6, 6.07) is 5.00. The van der Waals surface area contributed by atoms with Gasteiger partial charge in [-0.1, -0.05) is 11.6 Å². The van der Waals surface area contributed by atoms with Crippen LogP contribution in [0.25, 0.3) is 0 Å². The van der Waals surface area contributed by atoms with E-state index in [9.17, 15) is 9.59 Å². The molecule has 1 aromatic rings. The van der Waals surface area contributed by atoms with Gasteiger partial charge in [-0.15, -0.1) is 0 Å². The first-order valence-corrected chi connectivity index (χ1v) is 6.83. The molecule has 1 heterocycles. The molecule has 0 unspecified atom stereocenters. The number of nitrogens with one attached hydrogen (secondary N) is 1. The van der Waals surface area contributed by atoms with Crippen molar-refractivity contribution in [2.45, 2.75) is 6.42 Å². The number of amides is 1. The molecule has 1 aliphatic rings. The number of ketones is 1. The molecule has 0 aliphatic carbocycles. The van der Waals surface area contributed by atoms with Gasteiger partial charge in [0.15, 0.2) is 5.78 Å². The van der Waals surface area contributed by atoms with Crippen molar-refractivity contribution in [2.24, 2.45) is 0 Å². The van der Waals surface area contributed by atoms with E-state index in [4.69, 9.17) is 16.3 Å². The standard InChI is InChI=1S/C14H17ClN2O3/c1-20-13-3-2-10(8-11(13)15)12(18)9-17-6-4-14(19)16-5-7-17/h2-3,8H,4-7,9H2,1H3,(H,16,19). The topological polar surface area (TPSA) is 58.6 Å². The van der Waals surface area contributed by atoms with Gasteiger partial charge in [-0.2, -0.15) is 0 Å². The van der Waals surface area contributed by atoms with Gasteiger partial charge in [-0.25, -0.2) is 0 Å². The quantitative estimate of drug-likeness (QED) is 0.852. The Kier molecular flexibility index (Phi) is 4.98. The highest BCUT2D eigenvalue weighted by molar-refractivity contribution is 6.32. The molecular weight excluding hydrogens is 280 g/mol. The normalized spacial score (nSPS) is 16.4. The van der Waals surface area contributed by atoms with Crippen LogP contribution < -0.4 is 10.1 Å². The minimum atomic E-state index is -0.0103. The van der Waals surface area contributed by atoms with Crippen molar-refractivity contribution in [3.63, 3.8) is 0 Å². The Morgan fingerprint density at radius 3 is 2.95 bits per heavy atom. The summed E-state index contributed by atoms with van der Waals surface area (Å²) in [5.41, 5.74) is 0.555. The number of rotatable bonds is 4. The van der Waals surface area contributed by atoms with Crippen LogP contribution in [-0.2, 0) is 4.79 Å². The zero-order valence-electron chi connectivity index (χ0n) is 11.3. The van der Waals surface area contributed by atoms with E-state index in [0.717, 1.165) is 0 Å². The maximum Gasteiger partial charge on any atom is 0.221 e. The summed E-state index contributed by atoms with van der Waals surface area (Å²) in [7, 11) is 1.53. The van der Waals surface area contributed by atoms with Gasteiger partial charge in [0.1, 0.15) is 5.75 Å². The van der Waals surface area contributed by atoms with Crippen LogP contribution in [0.15, 0.2) is 18.2 Å². The molecule has 1 saturated heterocycles. The second kappa shape index (κ2) is 6.72. The summed E-state index contributed by atoms with van der Waals surface area (Å²) >= 11 is 6.02. The minimum Gasteiger partial charge on any atom is -0.495 e. The van der Waals surface area contributed by atoms with Crippen molar-refractivity contribution in [1.82, 2.24) is 10.2 Å². The van der Waals surface area contributed by atoms with Crippen molar-refractivity contribution >= 4 is 23.3 Å². The van der Waals surface area contributed by atoms with Gasteiger partial charge < -0.3 is 10.1 Å². The zero-order chi connectivity index (χ0) is 14.5. The number of hydrogen-bond donors (Lipinski definition) is 1. The van der Waals surface area contributed by atoms with E-state index >= 15 is 0 Å². The van der Waals surface area contributed by atoms with Gasteiger partial charge in [-0.05, 0) is 18.2 Å². The number of benzene rings is 1. The summed E-state index contributed by atoms with van der Waals surface area (Å²) in [6.07, 6.45) is 0.427. The van der Waals surface area contributed by atoms with Crippen LogP contribution in [0.3, 0.4) is 0 Å². The lowest BCUT2D eigenvalue weighted by molar-refractivity contribution is -0.120. The molecule has 0 aromatic heterocycles. The first-order chi connectivity index (χ1) is 9.60. The predicted octanol–water partition coefficient (Wildman–Crippen LogP) is 1.35. The molecule has 1 N–H and O–H groups in total. The van der Waals surface area contributed by atoms with Crippen LogP contribution in [0.5, 0.6) is 5.75 Å². The molecule has 0 saturated carbocycles. The minimum absolute atomic E-state index is 0.0103. The summed E-state index contributed by atoms with van der Waals surface area (Å²) in [5, 5.41) is 3.20. The number of ether oxygens (including phenoxy) is 1. The Labute approximate surface area is 122 Å². The zero-order valence-corrected chi connectivity index (χ0v) is 12.1. The molecule has 0 bridgehead atoms. The predicted molar refractivity (Wildman–Crippen MR) is 76.4 cm³/mol. The fourth-order valence-electron chi connectivity index (χ4n) is 2.11. The largest absolute Gasteiger partial charge is 0.495 e. The Hall–Kier alpha value is -1.59. The molecule has 108 valence electrons. The van der Waals surface area contributed by atoms with Gasteiger partial charge in [0, 0.05) is 31.6 Å². The molecule has 1 aliphatic heterocycles. The summed E-state index contributed by atoms with van der Waals surface area (Å²) in [6.45, 7) is 2.15. The number of nitrogens with zero attached hydrogens (tertiary/aromatic N) is 1. The monoisotopic (exact) mass is 296 g/mol. The highest BCUT2D eigenvalue weighted by atomic mass is 35.5. The maximum atomic E-state index is 12.2.